The molecule has 2 aromatic carbocycles. The van der Waals surface area contributed by atoms with Gasteiger partial charge in [-0.2, -0.15) is 0 Å². The number of ether oxygens (including phenoxy) is 1. The van der Waals surface area contributed by atoms with E-state index in [0.29, 0.717) is 11.8 Å². The van der Waals surface area contributed by atoms with Gasteiger partial charge in [-0.3, -0.25) is 0 Å². The van der Waals surface area contributed by atoms with E-state index in [9.17, 15) is 0 Å². The molecule has 2 N–H and O–H groups in total. The van der Waals surface area contributed by atoms with E-state index in [2.05, 4.69) is 52.3 Å². The quantitative estimate of drug-likeness (QED) is 0.629. The van der Waals surface area contributed by atoms with Gasteiger partial charge in [0.25, 0.3) is 0 Å². The van der Waals surface area contributed by atoms with Crippen molar-refractivity contribution in [2.45, 2.75) is 50.0 Å². The van der Waals surface area contributed by atoms with E-state index in [1.165, 1.54) is 29.5 Å². The Labute approximate surface area is 195 Å². The minimum atomic E-state index is 0.266. The van der Waals surface area contributed by atoms with Gasteiger partial charge < -0.3 is 20.3 Å². The normalized spacial score (nSPS) is 21.7. The fourth-order valence-electron chi connectivity index (χ4n) is 5.51. The Bertz CT molecular complexity index is 1150. The molecule has 1 atom stereocenters. The number of piperidine rings is 1. The van der Waals surface area contributed by atoms with Crippen molar-refractivity contribution in [1.29, 1.82) is 0 Å². The molecule has 2 saturated heterocycles. The molecule has 0 amide bonds. The number of para-hydroxylation sites is 1. The zero-order valence-corrected chi connectivity index (χ0v) is 19.4. The molecule has 6 heteroatoms. The second-order valence-corrected chi connectivity index (χ2v) is 9.88. The average molecular weight is 444 g/mol. The molecular weight excluding hydrogens is 410 g/mol. The van der Waals surface area contributed by atoms with Crippen LogP contribution in [0.25, 0.3) is 10.9 Å². The summed E-state index contributed by atoms with van der Waals surface area (Å²) in [6, 6.07) is 15.4. The van der Waals surface area contributed by atoms with Crippen molar-refractivity contribution in [3.8, 4) is 5.75 Å². The summed E-state index contributed by atoms with van der Waals surface area (Å²) >= 11 is 0. The van der Waals surface area contributed by atoms with Crippen LogP contribution in [0, 0.1) is 0 Å². The standard InChI is InChI=1S/C27H33N5O/c1-33-25-5-3-2-4-22(25)18-10-13-31(14-11-18)27-23-16-21(32-15-12-20(28)17-32)8-9-24(23)29-26(30-27)19-6-7-19/h2-5,8-9,16,18-20H,6-7,10-15,17,28H2,1H3. The number of benzene rings is 2. The number of hydrogen-bond acceptors (Lipinski definition) is 6. The highest BCUT2D eigenvalue weighted by molar-refractivity contribution is 5.92. The third-order valence-electron chi connectivity index (χ3n) is 7.58. The summed E-state index contributed by atoms with van der Waals surface area (Å²) in [6.45, 7) is 3.94. The van der Waals surface area contributed by atoms with E-state index in [0.717, 1.165) is 68.3 Å². The van der Waals surface area contributed by atoms with Crippen LogP contribution < -0.4 is 20.3 Å². The molecular formula is C27H33N5O. The Kier molecular flexibility index (Phi) is 5.33. The highest BCUT2D eigenvalue weighted by Crippen LogP contribution is 2.42. The van der Waals surface area contributed by atoms with Gasteiger partial charge in [0, 0.05) is 49.2 Å². The van der Waals surface area contributed by atoms with Gasteiger partial charge in [-0.15, -0.1) is 0 Å². The lowest BCUT2D eigenvalue weighted by molar-refractivity contribution is 0.397. The van der Waals surface area contributed by atoms with Crippen LogP contribution in [0.15, 0.2) is 42.5 Å². The van der Waals surface area contributed by atoms with Gasteiger partial charge in [-0.05, 0) is 67.9 Å². The van der Waals surface area contributed by atoms with Crippen molar-refractivity contribution in [3.05, 3.63) is 53.9 Å². The van der Waals surface area contributed by atoms with Crippen molar-refractivity contribution < 1.29 is 4.74 Å². The monoisotopic (exact) mass is 443 g/mol. The van der Waals surface area contributed by atoms with E-state index in [-0.39, 0.29) is 6.04 Å². The van der Waals surface area contributed by atoms with Gasteiger partial charge in [0.1, 0.15) is 17.4 Å². The first kappa shape index (κ1) is 20.7. The first-order chi connectivity index (χ1) is 16.2. The van der Waals surface area contributed by atoms with E-state index in [1.807, 2.05) is 0 Å². The number of fused-ring (bicyclic) bond motifs is 1. The Balaban J connectivity index is 1.31. The average Bonchev–Trinajstić information content (AvgIpc) is 3.63. The van der Waals surface area contributed by atoms with Crippen LogP contribution in [-0.2, 0) is 0 Å². The van der Waals surface area contributed by atoms with Crippen LogP contribution in [0.4, 0.5) is 11.5 Å². The van der Waals surface area contributed by atoms with Gasteiger partial charge in [0.15, 0.2) is 0 Å². The highest BCUT2D eigenvalue weighted by Gasteiger charge is 2.30. The maximum atomic E-state index is 6.18. The van der Waals surface area contributed by atoms with Crippen molar-refractivity contribution in [3.63, 3.8) is 0 Å². The molecule has 33 heavy (non-hydrogen) atoms. The predicted molar refractivity (Wildman–Crippen MR) is 134 cm³/mol. The second-order valence-electron chi connectivity index (χ2n) is 9.88. The summed E-state index contributed by atoms with van der Waals surface area (Å²) < 4.78 is 5.64. The third-order valence-corrected chi connectivity index (χ3v) is 7.58. The first-order valence-electron chi connectivity index (χ1n) is 12.4. The van der Waals surface area contributed by atoms with Gasteiger partial charge >= 0.3 is 0 Å². The molecule has 3 fully saturated rings. The van der Waals surface area contributed by atoms with Gasteiger partial charge in [0.05, 0.1) is 12.6 Å². The van der Waals surface area contributed by atoms with Crippen LogP contribution in [0.5, 0.6) is 5.75 Å². The molecule has 2 aliphatic heterocycles. The van der Waals surface area contributed by atoms with E-state index in [1.54, 1.807) is 7.11 Å². The Morgan fingerprint density at radius 3 is 2.39 bits per heavy atom. The predicted octanol–water partition coefficient (Wildman–Crippen LogP) is 4.44. The number of anilines is 2. The molecule has 0 spiro atoms. The molecule has 0 bridgehead atoms. The first-order valence-corrected chi connectivity index (χ1v) is 12.4. The third kappa shape index (κ3) is 4.01. The topological polar surface area (TPSA) is 67.5 Å². The molecule has 1 unspecified atom stereocenters. The van der Waals surface area contributed by atoms with Crippen molar-refractivity contribution in [2.75, 3.05) is 43.1 Å². The molecule has 172 valence electrons. The lowest BCUT2D eigenvalue weighted by atomic mass is 9.88. The molecule has 1 saturated carbocycles. The minimum Gasteiger partial charge on any atom is -0.496 e. The zero-order valence-electron chi connectivity index (χ0n) is 19.4. The van der Waals surface area contributed by atoms with Gasteiger partial charge in [-0.25, -0.2) is 9.97 Å². The van der Waals surface area contributed by atoms with Crippen molar-refractivity contribution >= 4 is 22.4 Å². The Hall–Kier alpha value is -2.86. The van der Waals surface area contributed by atoms with E-state index >= 15 is 0 Å². The van der Waals surface area contributed by atoms with Crippen LogP contribution in [-0.4, -0.2) is 49.3 Å². The summed E-state index contributed by atoms with van der Waals surface area (Å²) in [5, 5.41) is 1.17. The van der Waals surface area contributed by atoms with Crippen LogP contribution in [0.3, 0.4) is 0 Å². The minimum absolute atomic E-state index is 0.266. The zero-order chi connectivity index (χ0) is 22.4. The van der Waals surface area contributed by atoms with Gasteiger partial charge in [0.2, 0.25) is 0 Å². The molecule has 6 nitrogen and oxygen atoms in total. The maximum absolute atomic E-state index is 6.18. The van der Waals surface area contributed by atoms with Crippen LogP contribution in [0.2, 0.25) is 0 Å². The largest absolute Gasteiger partial charge is 0.496 e. The lowest BCUT2D eigenvalue weighted by Gasteiger charge is -2.34. The fourth-order valence-corrected chi connectivity index (χ4v) is 5.51. The number of aromatic nitrogens is 2. The van der Waals surface area contributed by atoms with E-state index < -0.39 is 0 Å². The molecule has 0 radical (unpaired) electrons. The SMILES string of the molecule is COc1ccccc1C1CCN(c2nc(C3CC3)nc3ccc(N4CCC(N)C4)cc23)CC1. The second kappa shape index (κ2) is 8.49. The Morgan fingerprint density at radius 1 is 0.879 bits per heavy atom. The van der Waals surface area contributed by atoms with Crippen LogP contribution in [0.1, 0.15) is 55.3 Å². The van der Waals surface area contributed by atoms with E-state index in [4.69, 9.17) is 20.4 Å². The molecule has 6 rings (SSSR count). The number of nitrogens with two attached hydrogens (primary N) is 1. The number of methoxy groups -OCH3 is 1. The molecule has 3 aliphatic rings. The summed E-state index contributed by atoms with van der Waals surface area (Å²) in [5.74, 6) is 4.21. The lowest BCUT2D eigenvalue weighted by Crippen LogP contribution is -2.34. The summed E-state index contributed by atoms with van der Waals surface area (Å²) in [4.78, 5) is 15.0. The summed E-state index contributed by atoms with van der Waals surface area (Å²) in [5.41, 5.74) is 9.82. The smallest absolute Gasteiger partial charge is 0.140 e. The number of nitrogens with zero attached hydrogens (tertiary/aromatic N) is 4. The fraction of sp³-hybridized carbons (Fsp3) is 0.481. The maximum Gasteiger partial charge on any atom is 0.140 e. The van der Waals surface area contributed by atoms with Crippen LogP contribution >= 0.6 is 0 Å². The summed E-state index contributed by atoms with van der Waals surface area (Å²) in [7, 11) is 1.77. The number of rotatable bonds is 5. The van der Waals surface area contributed by atoms with Crippen molar-refractivity contribution in [1.82, 2.24) is 9.97 Å². The molecule has 1 aliphatic carbocycles. The van der Waals surface area contributed by atoms with Gasteiger partial charge in [-0.1, -0.05) is 18.2 Å². The highest BCUT2D eigenvalue weighted by atomic mass is 16.5. The summed E-state index contributed by atoms with van der Waals surface area (Å²) in [6.07, 6.45) is 5.68. The molecule has 3 aromatic rings. The number of hydrogen-bond donors (Lipinski definition) is 1. The Morgan fingerprint density at radius 2 is 1.67 bits per heavy atom. The van der Waals surface area contributed by atoms with Crippen molar-refractivity contribution in [2.24, 2.45) is 5.73 Å². The molecule has 3 heterocycles. The molecule has 1 aromatic heterocycles.